The lowest BCUT2D eigenvalue weighted by atomic mass is 10.3. The van der Waals surface area contributed by atoms with Gasteiger partial charge in [-0.3, -0.25) is 9.78 Å². The normalized spacial score (nSPS) is 11.5. The predicted molar refractivity (Wildman–Crippen MR) is 60.4 cm³/mol. The van der Waals surface area contributed by atoms with Crippen LogP contribution in [0.4, 0.5) is 13.2 Å². The first kappa shape index (κ1) is 12.7. The SMILES string of the molecule is O=c1[nH]cccc1Sc1cccnc1C(F)(F)F. The van der Waals surface area contributed by atoms with Gasteiger partial charge in [-0.25, -0.2) is 0 Å². The first-order chi connectivity index (χ1) is 8.48. The minimum atomic E-state index is -4.54. The Hall–Kier alpha value is -1.76. The highest BCUT2D eigenvalue weighted by atomic mass is 32.2. The van der Waals surface area contributed by atoms with E-state index in [0.717, 1.165) is 18.0 Å². The zero-order valence-electron chi connectivity index (χ0n) is 8.86. The molecule has 0 amide bonds. The molecule has 1 N–H and O–H groups in total. The van der Waals surface area contributed by atoms with Gasteiger partial charge in [-0.1, -0.05) is 11.8 Å². The molecule has 2 heterocycles. The Kier molecular flexibility index (Phi) is 3.42. The molecule has 0 radical (unpaired) electrons. The average Bonchev–Trinajstić information content (AvgIpc) is 2.31. The number of H-pyrrole nitrogens is 1. The lowest BCUT2D eigenvalue weighted by molar-refractivity contribution is -0.143. The molecular weight excluding hydrogens is 265 g/mol. The molecule has 94 valence electrons. The molecular formula is C11H7F3N2OS. The predicted octanol–water partition coefficient (Wildman–Crippen LogP) is 2.94. The van der Waals surface area contributed by atoms with Crippen LogP contribution in [0.1, 0.15) is 5.69 Å². The fraction of sp³-hybridized carbons (Fsp3) is 0.0909. The van der Waals surface area contributed by atoms with Gasteiger partial charge < -0.3 is 4.98 Å². The van der Waals surface area contributed by atoms with Crippen LogP contribution in [0.15, 0.2) is 51.2 Å². The Balaban J connectivity index is 2.42. The van der Waals surface area contributed by atoms with Crippen molar-refractivity contribution in [1.82, 2.24) is 9.97 Å². The number of aromatic nitrogens is 2. The molecule has 2 aromatic heterocycles. The van der Waals surface area contributed by atoms with Crippen molar-refractivity contribution in [3.05, 3.63) is 52.7 Å². The number of aromatic amines is 1. The quantitative estimate of drug-likeness (QED) is 0.914. The summed E-state index contributed by atoms with van der Waals surface area (Å²) in [4.78, 5) is 17.2. The van der Waals surface area contributed by atoms with Crippen LogP contribution in [0.25, 0.3) is 0 Å². The summed E-state index contributed by atoms with van der Waals surface area (Å²) in [5, 5.41) is 0. The summed E-state index contributed by atoms with van der Waals surface area (Å²) in [6.07, 6.45) is -2.05. The van der Waals surface area contributed by atoms with Crippen molar-refractivity contribution in [2.24, 2.45) is 0 Å². The van der Waals surface area contributed by atoms with Gasteiger partial charge in [0.15, 0.2) is 5.69 Å². The molecule has 0 saturated heterocycles. The first-order valence-corrected chi connectivity index (χ1v) is 5.68. The number of halogens is 3. The van der Waals surface area contributed by atoms with Crippen LogP contribution < -0.4 is 5.56 Å². The Morgan fingerprint density at radius 1 is 1.17 bits per heavy atom. The third kappa shape index (κ3) is 2.73. The summed E-state index contributed by atoms with van der Waals surface area (Å²) < 4.78 is 38.1. The number of nitrogens with zero attached hydrogens (tertiary/aromatic N) is 1. The maximum Gasteiger partial charge on any atom is 0.434 e. The number of hydrogen-bond donors (Lipinski definition) is 1. The molecule has 0 aromatic carbocycles. The van der Waals surface area contributed by atoms with Gasteiger partial charge in [0.1, 0.15) is 0 Å². The summed E-state index contributed by atoms with van der Waals surface area (Å²) in [6, 6.07) is 5.69. The molecule has 2 rings (SSSR count). The van der Waals surface area contributed by atoms with Crippen LogP contribution in [0, 0.1) is 0 Å². The number of hydrogen-bond acceptors (Lipinski definition) is 3. The lowest BCUT2D eigenvalue weighted by Gasteiger charge is -2.10. The molecule has 7 heteroatoms. The van der Waals surface area contributed by atoms with Crippen LogP contribution in [-0.2, 0) is 6.18 Å². The fourth-order valence-electron chi connectivity index (χ4n) is 1.29. The molecule has 0 atom stereocenters. The van der Waals surface area contributed by atoms with Gasteiger partial charge in [0.05, 0.1) is 4.90 Å². The van der Waals surface area contributed by atoms with Crippen LogP contribution in [0.5, 0.6) is 0 Å². The summed E-state index contributed by atoms with van der Waals surface area (Å²) in [5.74, 6) is 0. The summed E-state index contributed by atoms with van der Waals surface area (Å²) in [6.45, 7) is 0. The largest absolute Gasteiger partial charge is 0.434 e. The van der Waals surface area contributed by atoms with Crippen molar-refractivity contribution < 1.29 is 13.2 Å². The number of alkyl halides is 3. The van der Waals surface area contributed by atoms with Gasteiger partial charge >= 0.3 is 6.18 Å². The van der Waals surface area contributed by atoms with Crippen molar-refractivity contribution >= 4 is 11.8 Å². The Morgan fingerprint density at radius 2 is 1.89 bits per heavy atom. The second-order valence-electron chi connectivity index (χ2n) is 3.31. The van der Waals surface area contributed by atoms with E-state index >= 15 is 0 Å². The van der Waals surface area contributed by atoms with E-state index in [1.54, 1.807) is 6.07 Å². The van der Waals surface area contributed by atoms with Crippen molar-refractivity contribution in [2.45, 2.75) is 16.0 Å². The highest BCUT2D eigenvalue weighted by Gasteiger charge is 2.35. The highest BCUT2D eigenvalue weighted by molar-refractivity contribution is 7.99. The van der Waals surface area contributed by atoms with E-state index in [1.165, 1.54) is 24.4 Å². The van der Waals surface area contributed by atoms with E-state index in [4.69, 9.17) is 0 Å². The van der Waals surface area contributed by atoms with E-state index in [2.05, 4.69) is 9.97 Å². The highest BCUT2D eigenvalue weighted by Crippen LogP contribution is 2.36. The standard InChI is InChI=1S/C11H7F3N2OS/c12-11(13,14)9-7(3-1-5-15-9)18-8-4-2-6-16-10(8)17/h1-6H,(H,16,17). The van der Waals surface area contributed by atoms with Crippen molar-refractivity contribution in [3.63, 3.8) is 0 Å². The van der Waals surface area contributed by atoms with Gasteiger partial charge in [0.2, 0.25) is 0 Å². The van der Waals surface area contributed by atoms with Crippen LogP contribution >= 0.6 is 11.8 Å². The third-order valence-corrected chi connectivity index (χ3v) is 3.13. The van der Waals surface area contributed by atoms with Crippen LogP contribution in [0.3, 0.4) is 0 Å². The average molecular weight is 272 g/mol. The molecule has 2 aromatic rings. The second-order valence-corrected chi connectivity index (χ2v) is 4.40. The van der Waals surface area contributed by atoms with Crippen LogP contribution in [-0.4, -0.2) is 9.97 Å². The molecule has 0 aliphatic rings. The number of rotatable bonds is 2. The molecule has 3 nitrogen and oxygen atoms in total. The van der Waals surface area contributed by atoms with Gasteiger partial charge in [-0.05, 0) is 24.3 Å². The molecule has 0 saturated carbocycles. The molecule has 18 heavy (non-hydrogen) atoms. The minimum Gasteiger partial charge on any atom is -0.328 e. The molecule has 0 aliphatic carbocycles. The lowest BCUT2D eigenvalue weighted by Crippen LogP contribution is -2.11. The number of pyridine rings is 2. The van der Waals surface area contributed by atoms with Crippen molar-refractivity contribution in [1.29, 1.82) is 0 Å². The molecule has 0 bridgehead atoms. The first-order valence-electron chi connectivity index (χ1n) is 4.86. The molecule has 0 spiro atoms. The third-order valence-electron chi connectivity index (χ3n) is 2.04. The maximum absolute atomic E-state index is 12.7. The molecule has 0 aliphatic heterocycles. The minimum absolute atomic E-state index is 0.0956. The van der Waals surface area contributed by atoms with Crippen molar-refractivity contribution in [3.8, 4) is 0 Å². The van der Waals surface area contributed by atoms with E-state index in [-0.39, 0.29) is 9.79 Å². The van der Waals surface area contributed by atoms with Gasteiger partial charge in [-0.2, -0.15) is 13.2 Å². The summed E-state index contributed by atoms with van der Waals surface area (Å²) in [7, 11) is 0. The second kappa shape index (κ2) is 4.85. The smallest absolute Gasteiger partial charge is 0.328 e. The topological polar surface area (TPSA) is 45.8 Å². The zero-order valence-corrected chi connectivity index (χ0v) is 9.68. The Labute approximate surface area is 104 Å². The summed E-state index contributed by atoms with van der Waals surface area (Å²) in [5.41, 5.74) is -1.42. The monoisotopic (exact) mass is 272 g/mol. The van der Waals surface area contributed by atoms with Crippen molar-refractivity contribution in [2.75, 3.05) is 0 Å². The maximum atomic E-state index is 12.7. The fourth-order valence-corrected chi connectivity index (χ4v) is 2.24. The zero-order chi connectivity index (χ0) is 13.2. The Bertz CT molecular complexity index is 609. The van der Waals surface area contributed by atoms with Gasteiger partial charge in [0.25, 0.3) is 5.56 Å². The van der Waals surface area contributed by atoms with E-state index in [0.29, 0.717) is 0 Å². The van der Waals surface area contributed by atoms with Gasteiger partial charge in [-0.15, -0.1) is 0 Å². The Morgan fingerprint density at radius 3 is 2.56 bits per heavy atom. The molecule has 0 unspecified atom stereocenters. The van der Waals surface area contributed by atoms with E-state index in [9.17, 15) is 18.0 Å². The molecule has 0 fully saturated rings. The number of nitrogens with one attached hydrogen (secondary N) is 1. The summed E-state index contributed by atoms with van der Waals surface area (Å²) >= 11 is 0.741. The van der Waals surface area contributed by atoms with E-state index < -0.39 is 17.4 Å². The van der Waals surface area contributed by atoms with E-state index in [1.807, 2.05) is 0 Å². The van der Waals surface area contributed by atoms with Crippen LogP contribution in [0.2, 0.25) is 0 Å². The van der Waals surface area contributed by atoms with Gasteiger partial charge in [0, 0.05) is 17.3 Å².